The Morgan fingerprint density at radius 1 is 0.667 bits per heavy atom. The van der Waals surface area contributed by atoms with Crippen LogP contribution in [0.25, 0.3) is 0 Å². The van der Waals surface area contributed by atoms with E-state index in [2.05, 4.69) is 27.7 Å². The molecule has 0 saturated carbocycles. The van der Waals surface area contributed by atoms with E-state index in [1.807, 2.05) is 26.0 Å². The largest absolute Gasteiger partial charge is 0.289 e. The van der Waals surface area contributed by atoms with Crippen LogP contribution >= 0.6 is 0 Å². The average molecular weight is 411 g/mol. The minimum absolute atomic E-state index is 0.0936. The Morgan fingerprint density at radius 3 is 1.30 bits per heavy atom. The molecule has 0 amide bonds. The summed E-state index contributed by atoms with van der Waals surface area (Å²) in [6.07, 6.45) is 14.0. The highest BCUT2D eigenvalue weighted by Gasteiger charge is 2.29. The SMILES string of the molecule is CC=C(C(=O)C1=C(CC(C)C)CCCC1)C(=CC)C(=O)C1=C(CC(C)C)CCCC1. The Kier molecular flexibility index (Phi) is 9.52. The van der Waals surface area contributed by atoms with E-state index in [1.54, 1.807) is 0 Å². The molecule has 0 aromatic rings. The van der Waals surface area contributed by atoms with Gasteiger partial charge in [-0.25, -0.2) is 0 Å². The van der Waals surface area contributed by atoms with Gasteiger partial charge in [-0.05, 0) is 101 Å². The first-order valence-corrected chi connectivity index (χ1v) is 12.1. The summed E-state index contributed by atoms with van der Waals surface area (Å²) in [5.41, 5.74) is 5.83. The number of hydrogen-bond acceptors (Lipinski definition) is 2. The van der Waals surface area contributed by atoms with Crippen LogP contribution in [0.5, 0.6) is 0 Å². The minimum atomic E-state index is 0.0936. The van der Waals surface area contributed by atoms with Gasteiger partial charge in [0.25, 0.3) is 0 Å². The molecular formula is C28H42O2. The van der Waals surface area contributed by atoms with E-state index in [1.165, 1.54) is 24.0 Å². The summed E-state index contributed by atoms with van der Waals surface area (Å²) in [5, 5.41) is 0. The number of ketones is 2. The second-order valence-electron chi connectivity index (χ2n) is 9.84. The standard InChI is InChI=1S/C28H42O2/c1-7-23(27(29)25-15-11-9-13-21(25)17-19(3)4)24(8-2)28(30)26-16-12-10-14-22(26)18-20(5)6/h7-8,19-20H,9-18H2,1-6H3. The quantitative estimate of drug-likeness (QED) is 0.286. The highest BCUT2D eigenvalue weighted by molar-refractivity contribution is 6.22. The molecule has 0 aromatic heterocycles. The highest BCUT2D eigenvalue weighted by Crippen LogP contribution is 2.35. The van der Waals surface area contributed by atoms with Gasteiger partial charge in [0.2, 0.25) is 0 Å². The van der Waals surface area contributed by atoms with Crippen molar-refractivity contribution in [2.24, 2.45) is 11.8 Å². The van der Waals surface area contributed by atoms with Crippen molar-refractivity contribution in [3.8, 4) is 0 Å². The van der Waals surface area contributed by atoms with Crippen molar-refractivity contribution in [2.75, 3.05) is 0 Å². The smallest absolute Gasteiger partial charge is 0.189 e. The van der Waals surface area contributed by atoms with Crippen molar-refractivity contribution >= 4 is 11.6 Å². The van der Waals surface area contributed by atoms with Crippen LogP contribution in [0.3, 0.4) is 0 Å². The van der Waals surface area contributed by atoms with Gasteiger partial charge in [0, 0.05) is 11.1 Å². The summed E-state index contributed by atoms with van der Waals surface area (Å²) in [7, 11) is 0. The molecule has 0 heterocycles. The first kappa shape index (κ1) is 24.6. The molecule has 2 aliphatic rings. The predicted molar refractivity (Wildman–Crippen MR) is 127 cm³/mol. The maximum Gasteiger partial charge on any atom is 0.189 e. The van der Waals surface area contributed by atoms with Crippen molar-refractivity contribution < 1.29 is 9.59 Å². The van der Waals surface area contributed by atoms with Crippen LogP contribution in [-0.2, 0) is 9.59 Å². The zero-order chi connectivity index (χ0) is 22.3. The summed E-state index contributed by atoms with van der Waals surface area (Å²) < 4.78 is 0. The van der Waals surface area contributed by atoms with Crippen LogP contribution in [0.15, 0.2) is 45.6 Å². The third-order valence-electron chi connectivity index (χ3n) is 6.38. The molecule has 0 atom stereocenters. The lowest BCUT2D eigenvalue weighted by molar-refractivity contribution is -0.115. The number of allylic oxidation sites excluding steroid dienone is 8. The fraction of sp³-hybridized carbons (Fsp3) is 0.643. The Labute approximate surface area is 184 Å². The third-order valence-corrected chi connectivity index (χ3v) is 6.38. The minimum Gasteiger partial charge on any atom is -0.289 e. The van der Waals surface area contributed by atoms with Crippen molar-refractivity contribution in [3.05, 3.63) is 45.6 Å². The van der Waals surface area contributed by atoms with Crippen LogP contribution in [0.4, 0.5) is 0 Å². The molecule has 30 heavy (non-hydrogen) atoms. The maximum absolute atomic E-state index is 13.6. The molecule has 0 radical (unpaired) electrons. The van der Waals surface area contributed by atoms with E-state index >= 15 is 0 Å². The molecule has 2 rings (SSSR count). The molecular weight excluding hydrogens is 368 g/mol. The zero-order valence-corrected chi connectivity index (χ0v) is 20.2. The fourth-order valence-corrected chi connectivity index (χ4v) is 5.06. The van der Waals surface area contributed by atoms with Gasteiger partial charge < -0.3 is 0 Å². The number of Topliss-reactive ketones (excluding diaryl/α,β-unsaturated/α-hetero) is 2. The summed E-state index contributed by atoms with van der Waals surface area (Å²) in [6.45, 7) is 12.7. The lowest BCUT2D eigenvalue weighted by atomic mass is 9.79. The van der Waals surface area contributed by atoms with Crippen molar-refractivity contribution in [2.45, 2.75) is 106 Å². The van der Waals surface area contributed by atoms with E-state index in [0.717, 1.165) is 62.5 Å². The molecule has 0 bridgehead atoms. The molecule has 0 fully saturated rings. The molecule has 0 aliphatic heterocycles. The van der Waals surface area contributed by atoms with Crippen molar-refractivity contribution in [1.29, 1.82) is 0 Å². The Balaban J connectivity index is 2.40. The second-order valence-corrected chi connectivity index (χ2v) is 9.84. The number of carbonyl (C=O) groups is 2. The third kappa shape index (κ3) is 6.15. The highest BCUT2D eigenvalue weighted by atomic mass is 16.1. The van der Waals surface area contributed by atoms with Crippen LogP contribution in [0.1, 0.15) is 106 Å². The monoisotopic (exact) mass is 410 g/mol. The number of carbonyl (C=O) groups excluding carboxylic acids is 2. The lowest BCUT2D eigenvalue weighted by Crippen LogP contribution is -2.20. The first-order chi connectivity index (χ1) is 14.3. The van der Waals surface area contributed by atoms with Gasteiger partial charge in [0.1, 0.15) is 0 Å². The van der Waals surface area contributed by atoms with E-state index in [0.29, 0.717) is 23.0 Å². The van der Waals surface area contributed by atoms with Gasteiger partial charge in [-0.2, -0.15) is 0 Å². The van der Waals surface area contributed by atoms with E-state index < -0.39 is 0 Å². The van der Waals surface area contributed by atoms with E-state index in [9.17, 15) is 9.59 Å². The van der Waals surface area contributed by atoms with Crippen LogP contribution in [0.2, 0.25) is 0 Å². The fourth-order valence-electron chi connectivity index (χ4n) is 5.06. The van der Waals surface area contributed by atoms with Crippen LogP contribution in [0, 0.1) is 11.8 Å². The van der Waals surface area contributed by atoms with Crippen LogP contribution in [-0.4, -0.2) is 11.6 Å². The maximum atomic E-state index is 13.6. The molecule has 166 valence electrons. The molecule has 0 saturated heterocycles. The van der Waals surface area contributed by atoms with Crippen molar-refractivity contribution in [1.82, 2.24) is 0 Å². The van der Waals surface area contributed by atoms with Gasteiger partial charge >= 0.3 is 0 Å². The number of rotatable bonds is 9. The van der Waals surface area contributed by atoms with Gasteiger partial charge in [-0.1, -0.05) is 51.0 Å². The Morgan fingerprint density at radius 2 is 1.00 bits per heavy atom. The van der Waals surface area contributed by atoms with E-state index in [-0.39, 0.29) is 11.6 Å². The Hall–Kier alpha value is -1.70. The molecule has 2 nitrogen and oxygen atoms in total. The molecule has 0 N–H and O–H groups in total. The van der Waals surface area contributed by atoms with E-state index in [4.69, 9.17) is 0 Å². The topological polar surface area (TPSA) is 34.1 Å². The summed E-state index contributed by atoms with van der Waals surface area (Å²) in [4.78, 5) is 27.3. The molecule has 0 spiro atoms. The van der Waals surface area contributed by atoms with Gasteiger partial charge in [-0.3, -0.25) is 9.59 Å². The summed E-state index contributed by atoms with van der Waals surface area (Å²) in [6, 6.07) is 0. The van der Waals surface area contributed by atoms with Crippen molar-refractivity contribution in [3.63, 3.8) is 0 Å². The van der Waals surface area contributed by atoms with Crippen LogP contribution < -0.4 is 0 Å². The predicted octanol–water partition coefficient (Wildman–Crippen LogP) is 7.85. The molecule has 0 unspecified atom stereocenters. The molecule has 2 aliphatic carbocycles. The Bertz CT molecular complexity index is 702. The molecule has 0 aromatic carbocycles. The second kappa shape index (κ2) is 11.6. The molecule has 2 heteroatoms. The lowest BCUT2D eigenvalue weighted by Gasteiger charge is -2.24. The van der Waals surface area contributed by atoms with Gasteiger partial charge in [0.05, 0.1) is 0 Å². The first-order valence-electron chi connectivity index (χ1n) is 12.1. The van der Waals surface area contributed by atoms with Gasteiger partial charge in [0.15, 0.2) is 11.6 Å². The normalized spacial score (nSPS) is 19.2. The number of hydrogen-bond donors (Lipinski definition) is 0. The average Bonchev–Trinajstić information content (AvgIpc) is 2.71. The zero-order valence-electron chi connectivity index (χ0n) is 20.2. The van der Waals surface area contributed by atoms with Gasteiger partial charge in [-0.15, -0.1) is 0 Å². The summed E-state index contributed by atoms with van der Waals surface area (Å²) in [5.74, 6) is 1.28. The summed E-state index contributed by atoms with van der Waals surface area (Å²) >= 11 is 0.